The summed E-state index contributed by atoms with van der Waals surface area (Å²) in [6, 6.07) is 0. The summed E-state index contributed by atoms with van der Waals surface area (Å²) in [5.74, 6) is 0. The predicted octanol–water partition coefficient (Wildman–Crippen LogP) is -2.34. The van der Waals surface area contributed by atoms with E-state index in [2.05, 4.69) is 5.32 Å². The van der Waals surface area contributed by atoms with Crippen LogP contribution in [0.4, 0.5) is 0 Å². The first-order valence-corrected chi connectivity index (χ1v) is 3.03. The van der Waals surface area contributed by atoms with E-state index in [1.54, 1.807) is 14.2 Å². The fraction of sp³-hybridized carbons (Fsp3) is 1.00. The van der Waals surface area contributed by atoms with E-state index in [1.807, 2.05) is 0 Å². The van der Waals surface area contributed by atoms with Gasteiger partial charge in [0.15, 0.2) is 0 Å². The van der Waals surface area contributed by atoms with Gasteiger partial charge >= 0.3 is 18.9 Å². The van der Waals surface area contributed by atoms with E-state index in [0.29, 0.717) is 13.2 Å². The molecule has 0 heterocycles. The smallest absolute Gasteiger partial charge is 0.659 e. The van der Waals surface area contributed by atoms with Crippen molar-refractivity contribution in [1.29, 1.82) is 0 Å². The Kier molecular flexibility index (Phi) is 16.0. The largest absolute Gasteiger partial charge is 1.00 e. The molecule has 0 saturated heterocycles. The van der Waals surface area contributed by atoms with Crippen molar-refractivity contribution < 1.29 is 28.3 Å². The Morgan fingerprint density at radius 3 is 1.70 bits per heavy atom. The molecule has 0 spiro atoms. The molecule has 56 valence electrons. The van der Waals surface area contributed by atoms with Gasteiger partial charge in [0.05, 0.1) is 0 Å². The van der Waals surface area contributed by atoms with Crippen molar-refractivity contribution in [2.24, 2.45) is 0 Å². The minimum absolute atomic E-state index is 0. The molecule has 0 rings (SSSR count). The van der Waals surface area contributed by atoms with Crippen LogP contribution in [0.5, 0.6) is 0 Å². The third-order valence-corrected chi connectivity index (χ3v) is 0.907. The van der Waals surface area contributed by atoms with Crippen LogP contribution in [-0.4, -0.2) is 40.5 Å². The molecule has 0 aromatic rings. The zero-order valence-corrected chi connectivity index (χ0v) is 7.09. The normalized spacial score (nSPS) is 9.00. The number of nitrogens with zero attached hydrogens (tertiary/aromatic N) is 1. The fourth-order valence-corrected chi connectivity index (χ4v) is 0.423. The van der Waals surface area contributed by atoms with E-state index in [0.717, 1.165) is 13.1 Å². The van der Waals surface area contributed by atoms with Gasteiger partial charge in [0.1, 0.15) is 0 Å². The molecule has 0 aromatic heterocycles. The van der Waals surface area contributed by atoms with E-state index in [1.165, 1.54) is 0 Å². The second-order valence-electron chi connectivity index (χ2n) is 1.66. The van der Waals surface area contributed by atoms with Crippen LogP contribution in [0.3, 0.4) is 0 Å². The second-order valence-corrected chi connectivity index (χ2v) is 1.66. The molecular weight excluding hydrogens is 125 g/mol. The summed E-state index contributed by atoms with van der Waals surface area (Å²) in [4.78, 5) is 0. The zero-order chi connectivity index (χ0) is 6.95. The van der Waals surface area contributed by atoms with Crippen molar-refractivity contribution in [3.8, 4) is 0 Å². The van der Waals surface area contributed by atoms with Crippen molar-refractivity contribution in [2.45, 2.75) is 0 Å². The molecule has 0 unspecified atom stereocenters. The molecule has 3 nitrogen and oxygen atoms in total. The summed E-state index contributed by atoms with van der Waals surface area (Å²) in [6.45, 7) is 2.98. The Balaban J connectivity index is 0. The third-order valence-electron chi connectivity index (χ3n) is 0.907. The first-order valence-electron chi connectivity index (χ1n) is 3.03. The van der Waals surface area contributed by atoms with Crippen molar-refractivity contribution >= 4 is 0 Å². The summed E-state index contributed by atoms with van der Waals surface area (Å²) in [5.41, 5.74) is 0. The maximum atomic E-state index is 4.79. The van der Waals surface area contributed by atoms with Crippen LogP contribution < -0.4 is 18.9 Å². The van der Waals surface area contributed by atoms with Crippen molar-refractivity contribution in [1.82, 2.24) is 0 Å². The number of rotatable bonds is 6. The van der Waals surface area contributed by atoms with Gasteiger partial charge in [-0.25, -0.2) is 0 Å². The molecule has 4 heteroatoms. The Hall–Kier alpha value is 0.477. The van der Waals surface area contributed by atoms with E-state index in [4.69, 9.17) is 9.47 Å². The molecule has 0 aliphatic carbocycles. The maximum absolute atomic E-state index is 4.79. The summed E-state index contributed by atoms with van der Waals surface area (Å²) in [5, 5.41) is 4.10. The molecule has 0 amide bonds. The number of methoxy groups -OCH3 is 2. The second kappa shape index (κ2) is 12.2. The topological polar surface area (TPSA) is 32.6 Å². The molecular formula is C6H14LiNO2. The molecule has 0 saturated carbocycles. The predicted molar refractivity (Wildman–Crippen MR) is 36.8 cm³/mol. The molecule has 0 bridgehead atoms. The number of hydrogen-bond donors (Lipinski definition) is 0. The minimum atomic E-state index is 0. The van der Waals surface area contributed by atoms with Gasteiger partial charge < -0.3 is 14.8 Å². The van der Waals surface area contributed by atoms with Crippen LogP contribution in [0, 0.1) is 0 Å². The average molecular weight is 139 g/mol. The quantitative estimate of drug-likeness (QED) is 0.305. The summed E-state index contributed by atoms with van der Waals surface area (Å²) in [6.07, 6.45) is 0. The molecule has 0 fully saturated rings. The molecule has 0 N–H and O–H groups in total. The van der Waals surface area contributed by atoms with Gasteiger partial charge in [-0.3, -0.25) is 0 Å². The van der Waals surface area contributed by atoms with Gasteiger partial charge in [-0.2, -0.15) is 0 Å². The first-order chi connectivity index (χ1) is 4.41. The van der Waals surface area contributed by atoms with Gasteiger partial charge in [0, 0.05) is 27.4 Å². The van der Waals surface area contributed by atoms with E-state index < -0.39 is 0 Å². The van der Waals surface area contributed by atoms with Gasteiger partial charge in [0.25, 0.3) is 0 Å². The van der Waals surface area contributed by atoms with Gasteiger partial charge in [-0.15, -0.1) is 13.1 Å². The van der Waals surface area contributed by atoms with Crippen LogP contribution in [0.1, 0.15) is 0 Å². The van der Waals surface area contributed by atoms with Crippen LogP contribution in [0.15, 0.2) is 0 Å². The fourth-order valence-electron chi connectivity index (χ4n) is 0.423. The zero-order valence-electron chi connectivity index (χ0n) is 7.09. The molecule has 0 aliphatic heterocycles. The monoisotopic (exact) mass is 139 g/mol. The third kappa shape index (κ3) is 11.3. The summed E-state index contributed by atoms with van der Waals surface area (Å²) < 4.78 is 9.57. The average Bonchev–Trinajstić information content (AvgIpc) is 1.89. The summed E-state index contributed by atoms with van der Waals surface area (Å²) >= 11 is 0. The maximum Gasteiger partial charge on any atom is 1.00 e. The summed E-state index contributed by atoms with van der Waals surface area (Å²) in [7, 11) is 3.34. The van der Waals surface area contributed by atoms with Crippen LogP contribution in [0.2, 0.25) is 0 Å². The van der Waals surface area contributed by atoms with Crippen LogP contribution in [0.25, 0.3) is 5.32 Å². The van der Waals surface area contributed by atoms with E-state index in [9.17, 15) is 0 Å². The van der Waals surface area contributed by atoms with E-state index >= 15 is 0 Å². The molecule has 10 heavy (non-hydrogen) atoms. The SMILES string of the molecule is COCC[N-]CCOC.[Li+]. The van der Waals surface area contributed by atoms with Crippen LogP contribution in [-0.2, 0) is 9.47 Å². The first kappa shape index (κ1) is 13.1. The molecule has 0 radical (unpaired) electrons. The Morgan fingerprint density at radius 1 is 1.00 bits per heavy atom. The Morgan fingerprint density at radius 2 is 1.40 bits per heavy atom. The van der Waals surface area contributed by atoms with E-state index in [-0.39, 0.29) is 18.9 Å². The van der Waals surface area contributed by atoms with Crippen molar-refractivity contribution in [3.05, 3.63) is 5.32 Å². The Bertz CT molecular complexity index is 49.0. The molecule has 0 aromatic carbocycles. The van der Waals surface area contributed by atoms with Gasteiger partial charge in [0.2, 0.25) is 0 Å². The Labute approximate surface area is 74.6 Å². The van der Waals surface area contributed by atoms with Crippen LogP contribution >= 0.6 is 0 Å². The van der Waals surface area contributed by atoms with Gasteiger partial charge in [-0.1, -0.05) is 0 Å². The molecule has 0 aliphatic rings. The standard InChI is InChI=1S/C6H14NO2.Li/c1-8-5-3-7-4-6-9-2;/h3-6H2,1-2H3;/q-1;+1. The van der Waals surface area contributed by atoms with Crippen molar-refractivity contribution in [2.75, 3.05) is 40.5 Å². The van der Waals surface area contributed by atoms with Crippen molar-refractivity contribution in [3.63, 3.8) is 0 Å². The number of ether oxygens (including phenoxy) is 2. The molecule has 0 atom stereocenters. The minimum Gasteiger partial charge on any atom is -0.659 e. The number of hydrogen-bond acceptors (Lipinski definition) is 2. The van der Waals surface area contributed by atoms with Gasteiger partial charge in [-0.05, 0) is 0 Å².